The van der Waals surface area contributed by atoms with E-state index >= 15 is 0 Å². The standard InChI is InChI=1S/C66H43N5O2/c1-68-62-51(41-67)63(70(52-33-15-11-27-45(52)42-21-5-2-6-22-42)56-35-19-31-49-47-29-13-17-37-58(47)72-65(49)56)60-54-39-40-55(69(54)44-25-9-4-10-26-44)61(60)64(62)71(53-34-16-12-28-46(53)43-23-7-3-8-24-43)57-36-20-32-50-48-30-14-18-38-59(48)73-66(50)57/h2-38,54-55H,39-40H2. The summed E-state index contributed by atoms with van der Waals surface area (Å²) in [5.41, 5.74) is 15.1. The van der Waals surface area contributed by atoms with Crippen molar-refractivity contribution < 1.29 is 8.83 Å². The molecule has 7 heteroatoms. The molecule has 7 nitrogen and oxygen atoms in total. The minimum atomic E-state index is -0.169. The first-order valence-electron chi connectivity index (χ1n) is 24.7. The first kappa shape index (κ1) is 42.1. The van der Waals surface area contributed by atoms with Crippen LogP contribution in [0.2, 0.25) is 0 Å². The van der Waals surface area contributed by atoms with Gasteiger partial charge in [0.25, 0.3) is 0 Å². The Labute approximate surface area is 422 Å². The highest BCUT2D eigenvalue weighted by atomic mass is 16.3. The summed E-state index contributed by atoms with van der Waals surface area (Å²) in [6, 6.07) is 79.5. The van der Waals surface area contributed by atoms with Gasteiger partial charge in [0.15, 0.2) is 11.2 Å². The third-order valence-corrected chi connectivity index (χ3v) is 15.0. The molecule has 0 N–H and O–H groups in total. The monoisotopic (exact) mass is 937 g/mol. The molecule has 0 aliphatic carbocycles. The number of para-hydroxylation sites is 7. The van der Waals surface area contributed by atoms with Crippen molar-refractivity contribution in [2.45, 2.75) is 24.9 Å². The highest BCUT2D eigenvalue weighted by Gasteiger charge is 2.51. The molecule has 12 aromatic rings. The summed E-state index contributed by atoms with van der Waals surface area (Å²) < 4.78 is 13.9. The topological polar surface area (TPSA) is 64.2 Å². The van der Waals surface area contributed by atoms with E-state index in [2.05, 4.69) is 202 Å². The van der Waals surface area contributed by atoms with Gasteiger partial charge in [-0.2, -0.15) is 5.26 Å². The molecular formula is C66H43N5O2. The van der Waals surface area contributed by atoms with Gasteiger partial charge in [-0.1, -0.05) is 176 Å². The summed E-state index contributed by atoms with van der Waals surface area (Å²) in [5, 5.41) is 16.1. The third kappa shape index (κ3) is 6.43. The number of nitrogens with zero attached hydrogens (tertiary/aromatic N) is 5. The van der Waals surface area contributed by atoms with Gasteiger partial charge in [0.05, 0.1) is 64.4 Å². The molecule has 10 aromatic carbocycles. The van der Waals surface area contributed by atoms with Crippen molar-refractivity contribution in [1.82, 2.24) is 0 Å². The maximum atomic E-state index is 12.2. The van der Waals surface area contributed by atoms with Crippen molar-refractivity contribution in [3.63, 3.8) is 0 Å². The fraction of sp³-hybridized carbons (Fsp3) is 0.0606. The van der Waals surface area contributed by atoms with Crippen LogP contribution in [0.15, 0.2) is 233 Å². The summed E-state index contributed by atoms with van der Waals surface area (Å²) in [6.07, 6.45) is 1.68. The molecule has 2 aliphatic heterocycles. The van der Waals surface area contributed by atoms with E-state index in [1.165, 1.54) is 0 Å². The second kappa shape index (κ2) is 16.9. The molecule has 0 radical (unpaired) electrons. The molecule has 0 saturated carbocycles. The van der Waals surface area contributed by atoms with Crippen molar-refractivity contribution in [2.24, 2.45) is 0 Å². The molecule has 0 spiro atoms. The fourth-order valence-electron chi connectivity index (χ4n) is 12.1. The molecule has 2 unspecified atom stereocenters. The molecule has 4 heterocycles. The molecule has 0 amide bonds. The SMILES string of the molecule is [C-]#[N+]c1c(C#N)c(N(c2ccccc2-c2ccccc2)c2cccc3c2oc2ccccc23)c2c(c1N(c1ccccc1-c1ccccc1)c1cccc3c1oc1ccccc13)C1CCC2N1c1ccccc1. The van der Waals surface area contributed by atoms with Gasteiger partial charge in [0.2, 0.25) is 5.69 Å². The third-order valence-electron chi connectivity index (χ3n) is 15.0. The van der Waals surface area contributed by atoms with Gasteiger partial charge < -0.3 is 23.5 Å². The molecule has 1 saturated heterocycles. The quantitative estimate of drug-likeness (QED) is 0.134. The summed E-state index contributed by atoms with van der Waals surface area (Å²) in [4.78, 5) is 11.6. The van der Waals surface area contributed by atoms with Crippen LogP contribution in [0.25, 0.3) is 71.0 Å². The number of rotatable bonds is 9. The number of hydrogen-bond donors (Lipinski definition) is 0. The Hall–Kier alpha value is -9.82. The molecule has 14 rings (SSSR count). The van der Waals surface area contributed by atoms with Crippen molar-refractivity contribution in [2.75, 3.05) is 14.7 Å². The number of hydrogen-bond acceptors (Lipinski definition) is 6. The number of benzene rings is 10. The van der Waals surface area contributed by atoms with Gasteiger partial charge in [-0.15, -0.1) is 0 Å². The lowest BCUT2D eigenvalue weighted by Gasteiger charge is -2.36. The second-order valence-electron chi connectivity index (χ2n) is 18.8. The Morgan fingerprint density at radius 1 is 0.452 bits per heavy atom. The van der Waals surface area contributed by atoms with Crippen LogP contribution in [0.5, 0.6) is 0 Å². The van der Waals surface area contributed by atoms with E-state index < -0.39 is 0 Å². The minimum Gasteiger partial charge on any atom is -0.454 e. The van der Waals surface area contributed by atoms with Gasteiger partial charge >= 0.3 is 0 Å². The van der Waals surface area contributed by atoms with Crippen molar-refractivity contribution in [1.29, 1.82) is 5.26 Å². The highest BCUT2D eigenvalue weighted by Crippen LogP contribution is 2.66. The molecule has 2 aromatic heterocycles. The summed E-state index contributed by atoms with van der Waals surface area (Å²) in [6.45, 7) is 9.53. The minimum absolute atomic E-state index is 0.168. The first-order valence-corrected chi connectivity index (χ1v) is 24.7. The largest absolute Gasteiger partial charge is 0.454 e. The lowest BCUT2D eigenvalue weighted by atomic mass is 9.84. The number of nitriles is 1. The molecule has 344 valence electrons. The van der Waals surface area contributed by atoms with E-state index in [9.17, 15) is 11.8 Å². The smallest absolute Gasteiger partial charge is 0.230 e. The fourth-order valence-corrected chi connectivity index (χ4v) is 12.1. The van der Waals surface area contributed by atoms with Crippen LogP contribution < -0.4 is 14.7 Å². The van der Waals surface area contributed by atoms with Crippen LogP contribution >= 0.6 is 0 Å². The highest BCUT2D eigenvalue weighted by molar-refractivity contribution is 6.14. The van der Waals surface area contributed by atoms with E-state index in [-0.39, 0.29) is 23.3 Å². The Morgan fingerprint density at radius 2 is 0.863 bits per heavy atom. The normalized spacial score (nSPS) is 14.7. The summed E-state index contributed by atoms with van der Waals surface area (Å²) in [5.74, 6) is 0. The Morgan fingerprint density at radius 3 is 1.37 bits per heavy atom. The average molecular weight is 938 g/mol. The lowest BCUT2D eigenvalue weighted by molar-refractivity contribution is 0.668. The zero-order valence-electron chi connectivity index (χ0n) is 39.5. The van der Waals surface area contributed by atoms with Crippen LogP contribution in [0, 0.1) is 17.9 Å². The van der Waals surface area contributed by atoms with Gasteiger partial charge in [0.1, 0.15) is 11.2 Å². The van der Waals surface area contributed by atoms with Gasteiger partial charge in [-0.25, -0.2) is 4.85 Å². The van der Waals surface area contributed by atoms with E-state index in [4.69, 9.17) is 8.83 Å². The lowest BCUT2D eigenvalue weighted by Crippen LogP contribution is -2.21. The molecule has 1 fully saturated rings. The van der Waals surface area contributed by atoms with Crippen molar-refractivity contribution in [3.05, 3.63) is 253 Å². The van der Waals surface area contributed by atoms with Crippen LogP contribution in [0.3, 0.4) is 0 Å². The number of fused-ring (bicyclic) bond motifs is 11. The zero-order chi connectivity index (χ0) is 48.6. The van der Waals surface area contributed by atoms with E-state index in [0.29, 0.717) is 22.5 Å². The van der Waals surface area contributed by atoms with E-state index in [0.717, 1.165) is 107 Å². The van der Waals surface area contributed by atoms with E-state index in [1.54, 1.807) is 0 Å². The number of furan rings is 2. The Bertz CT molecular complexity index is 3970. The first-order chi connectivity index (χ1) is 36.2. The molecule has 2 atom stereocenters. The van der Waals surface area contributed by atoms with Crippen molar-refractivity contribution >= 4 is 89.4 Å². The van der Waals surface area contributed by atoms with Gasteiger partial charge in [0, 0.05) is 43.9 Å². The predicted molar refractivity (Wildman–Crippen MR) is 296 cm³/mol. The Kier molecular flexibility index (Phi) is 9.77. The van der Waals surface area contributed by atoms with Gasteiger partial charge in [-0.05, 0) is 78.1 Å². The van der Waals surface area contributed by atoms with Crippen LogP contribution in [-0.4, -0.2) is 0 Å². The van der Waals surface area contributed by atoms with Crippen LogP contribution in [-0.2, 0) is 0 Å². The molecule has 2 bridgehead atoms. The second-order valence-corrected chi connectivity index (χ2v) is 18.8. The van der Waals surface area contributed by atoms with Gasteiger partial charge in [-0.3, -0.25) is 0 Å². The zero-order valence-corrected chi connectivity index (χ0v) is 39.5. The maximum absolute atomic E-state index is 12.2. The summed E-state index contributed by atoms with van der Waals surface area (Å²) in [7, 11) is 0. The molecule has 2 aliphatic rings. The summed E-state index contributed by atoms with van der Waals surface area (Å²) >= 11 is 0. The van der Waals surface area contributed by atoms with Crippen LogP contribution in [0.4, 0.5) is 45.5 Å². The Balaban J connectivity index is 1.16. The maximum Gasteiger partial charge on any atom is 0.230 e. The van der Waals surface area contributed by atoms with E-state index in [1.807, 2.05) is 48.5 Å². The molecular weight excluding hydrogens is 895 g/mol. The average Bonchev–Trinajstić information content (AvgIpc) is 4.30. The number of anilines is 7. The molecule has 73 heavy (non-hydrogen) atoms. The van der Waals surface area contributed by atoms with Crippen molar-refractivity contribution in [3.8, 4) is 28.3 Å². The van der Waals surface area contributed by atoms with Crippen LogP contribution in [0.1, 0.15) is 41.6 Å². The predicted octanol–water partition coefficient (Wildman–Crippen LogP) is 18.6.